The van der Waals surface area contributed by atoms with Crippen molar-refractivity contribution in [1.29, 1.82) is 0 Å². The lowest BCUT2D eigenvalue weighted by atomic mass is 10.1. The van der Waals surface area contributed by atoms with Gasteiger partial charge in [-0.05, 0) is 18.6 Å². The van der Waals surface area contributed by atoms with E-state index < -0.39 is 0 Å². The first-order chi connectivity index (χ1) is 6.20. The van der Waals surface area contributed by atoms with Crippen molar-refractivity contribution in [1.82, 2.24) is 9.97 Å². The van der Waals surface area contributed by atoms with Crippen LogP contribution in [-0.2, 0) is 0 Å². The summed E-state index contributed by atoms with van der Waals surface area (Å²) in [4.78, 5) is 7.79. The summed E-state index contributed by atoms with van der Waals surface area (Å²) in [6.07, 6.45) is 2.97. The minimum atomic E-state index is 0.168. The summed E-state index contributed by atoms with van der Waals surface area (Å²) in [5.74, 6) is 0.168. The summed E-state index contributed by atoms with van der Waals surface area (Å²) in [5, 5.41) is 10.9. The van der Waals surface area contributed by atoms with Gasteiger partial charge in [0.05, 0.1) is 5.02 Å². The smallest absolute Gasteiger partial charge is 0.144 e. The predicted molar refractivity (Wildman–Crippen MR) is 50.9 cm³/mol. The molecule has 4 heteroatoms. The first kappa shape index (κ1) is 8.26. The van der Waals surface area contributed by atoms with E-state index in [4.69, 9.17) is 11.6 Å². The third-order valence-corrected chi connectivity index (χ3v) is 2.22. The Morgan fingerprint density at radius 1 is 1.46 bits per heavy atom. The minimum absolute atomic E-state index is 0.168. The number of aryl methyl sites for hydroxylation is 1. The highest BCUT2D eigenvalue weighted by atomic mass is 35.5. The molecule has 1 aromatic heterocycles. The molecule has 2 rings (SSSR count). The molecule has 1 aromatic carbocycles. The Bertz CT molecular complexity index is 470. The van der Waals surface area contributed by atoms with E-state index in [0.29, 0.717) is 15.9 Å². The standard InChI is InChI=1S/C9H7ClN2O/c1-5-2-7(10)6-3-11-4-12-8(6)9(5)13/h2-4,13H,1H3. The lowest BCUT2D eigenvalue weighted by Crippen LogP contribution is -1.85. The second kappa shape index (κ2) is 2.85. The van der Waals surface area contributed by atoms with Gasteiger partial charge >= 0.3 is 0 Å². The van der Waals surface area contributed by atoms with Gasteiger partial charge in [-0.1, -0.05) is 11.6 Å². The van der Waals surface area contributed by atoms with Crippen LogP contribution in [0.4, 0.5) is 0 Å². The zero-order chi connectivity index (χ0) is 9.42. The van der Waals surface area contributed by atoms with E-state index in [1.54, 1.807) is 19.2 Å². The number of fused-ring (bicyclic) bond motifs is 1. The highest BCUT2D eigenvalue weighted by Crippen LogP contribution is 2.31. The number of nitrogens with zero attached hydrogens (tertiary/aromatic N) is 2. The fourth-order valence-corrected chi connectivity index (χ4v) is 1.52. The monoisotopic (exact) mass is 194 g/mol. The molecular formula is C9H7ClN2O. The molecule has 0 aliphatic carbocycles. The molecule has 0 unspecified atom stereocenters. The van der Waals surface area contributed by atoms with E-state index in [9.17, 15) is 5.11 Å². The van der Waals surface area contributed by atoms with Crippen LogP contribution in [0, 0.1) is 6.92 Å². The Morgan fingerprint density at radius 2 is 2.23 bits per heavy atom. The van der Waals surface area contributed by atoms with Gasteiger partial charge in [-0.3, -0.25) is 0 Å². The third-order valence-electron chi connectivity index (χ3n) is 1.91. The normalized spacial score (nSPS) is 10.6. The third kappa shape index (κ3) is 1.21. The maximum Gasteiger partial charge on any atom is 0.144 e. The summed E-state index contributed by atoms with van der Waals surface area (Å²) < 4.78 is 0. The fraction of sp³-hybridized carbons (Fsp3) is 0.111. The summed E-state index contributed by atoms with van der Waals surface area (Å²) in [6.45, 7) is 1.78. The largest absolute Gasteiger partial charge is 0.505 e. The highest BCUT2D eigenvalue weighted by molar-refractivity contribution is 6.35. The van der Waals surface area contributed by atoms with Gasteiger partial charge in [0, 0.05) is 11.6 Å². The Labute approximate surface area is 80.0 Å². The second-order valence-corrected chi connectivity index (χ2v) is 3.22. The van der Waals surface area contributed by atoms with E-state index in [-0.39, 0.29) is 5.75 Å². The molecule has 0 amide bonds. The summed E-state index contributed by atoms with van der Waals surface area (Å²) in [6, 6.07) is 1.70. The van der Waals surface area contributed by atoms with Gasteiger partial charge in [0.2, 0.25) is 0 Å². The van der Waals surface area contributed by atoms with E-state index >= 15 is 0 Å². The van der Waals surface area contributed by atoms with Crippen LogP contribution in [0.15, 0.2) is 18.6 Å². The van der Waals surface area contributed by atoms with Gasteiger partial charge in [0.25, 0.3) is 0 Å². The topological polar surface area (TPSA) is 46.0 Å². The first-order valence-corrected chi connectivity index (χ1v) is 4.15. The number of benzene rings is 1. The molecule has 0 radical (unpaired) electrons. The number of hydrogen-bond acceptors (Lipinski definition) is 3. The molecule has 0 atom stereocenters. The Kier molecular flexibility index (Phi) is 1.81. The minimum Gasteiger partial charge on any atom is -0.505 e. The van der Waals surface area contributed by atoms with Gasteiger partial charge in [-0.25, -0.2) is 9.97 Å². The first-order valence-electron chi connectivity index (χ1n) is 3.78. The van der Waals surface area contributed by atoms with Crippen LogP contribution in [0.2, 0.25) is 5.02 Å². The summed E-state index contributed by atoms with van der Waals surface area (Å²) >= 11 is 5.94. The highest BCUT2D eigenvalue weighted by Gasteiger charge is 2.07. The van der Waals surface area contributed by atoms with Gasteiger partial charge in [-0.2, -0.15) is 0 Å². The molecule has 2 aromatic rings. The average molecular weight is 195 g/mol. The Balaban J connectivity index is 2.97. The van der Waals surface area contributed by atoms with Crippen molar-refractivity contribution in [3.05, 3.63) is 29.2 Å². The number of halogens is 1. The van der Waals surface area contributed by atoms with Gasteiger partial charge < -0.3 is 5.11 Å². The van der Waals surface area contributed by atoms with Crippen molar-refractivity contribution in [2.24, 2.45) is 0 Å². The van der Waals surface area contributed by atoms with Crippen LogP contribution < -0.4 is 0 Å². The van der Waals surface area contributed by atoms with Crippen LogP contribution in [0.5, 0.6) is 5.75 Å². The molecule has 0 bridgehead atoms. The summed E-state index contributed by atoms with van der Waals surface area (Å²) in [5.41, 5.74) is 1.22. The zero-order valence-electron chi connectivity index (χ0n) is 6.95. The van der Waals surface area contributed by atoms with Crippen LogP contribution >= 0.6 is 11.6 Å². The maximum absolute atomic E-state index is 9.63. The number of hydrogen-bond donors (Lipinski definition) is 1. The maximum atomic E-state index is 9.63. The second-order valence-electron chi connectivity index (χ2n) is 2.81. The molecule has 66 valence electrons. The van der Waals surface area contributed by atoms with Crippen LogP contribution in [-0.4, -0.2) is 15.1 Å². The van der Waals surface area contributed by atoms with Gasteiger partial charge in [0.1, 0.15) is 17.6 Å². The number of phenols is 1. The fourth-order valence-electron chi connectivity index (χ4n) is 1.22. The van der Waals surface area contributed by atoms with E-state index in [2.05, 4.69) is 9.97 Å². The molecule has 1 N–H and O–H groups in total. The molecule has 13 heavy (non-hydrogen) atoms. The summed E-state index contributed by atoms with van der Waals surface area (Å²) in [7, 11) is 0. The lowest BCUT2D eigenvalue weighted by Gasteiger charge is -2.04. The Morgan fingerprint density at radius 3 is 3.00 bits per heavy atom. The molecule has 0 fully saturated rings. The number of aromatic nitrogens is 2. The number of aromatic hydroxyl groups is 1. The van der Waals surface area contributed by atoms with Crippen molar-refractivity contribution in [3.63, 3.8) is 0 Å². The van der Waals surface area contributed by atoms with Gasteiger partial charge in [-0.15, -0.1) is 0 Å². The zero-order valence-corrected chi connectivity index (χ0v) is 7.71. The van der Waals surface area contributed by atoms with Gasteiger partial charge in [0.15, 0.2) is 0 Å². The molecule has 0 saturated carbocycles. The molecule has 0 saturated heterocycles. The van der Waals surface area contributed by atoms with Crippen molar-refractivity contribution in [2.75, 3.05) is 0 Å². The molecular weight excluding hydrogens is 188 g/mol. The van der Waals surface area contributed by atoms with Crippen LogP contribution in [0.25, 0.3) is 10.9 Å². The quantitative estimate of drug-likeness (QED) is 0.700. The lowest BCUT2D eigenvalue weighted by molar-refractivity contribution is 0.476. The SMILES string of the molecule is Cc1cc(Cl)c2cncnc2c1O. The van der Waals surface area contributed by atoms with Crippen molar-refractivity contribution in [2.45, 2.75) is 6.92 Å². The van der Waals surface area contributed by atoms with E-state index in [0.717, 1.165) is 5.56 Å². The average Bonchev–Trinajstić information content (AvgIpc) is 2.15. The van der Waals surface area contributed by atoms with Crippen molar-refractivity contribution < 1.29 is 5.11 Å². The van der Waals surface area contributed by atoms with Crippen LogP contribution in [0.3, 0.4) is 0 Å². The Hall–Kier alpha value is -1.35. The predicted octanol–water partition coefficient (Wildman–Crippen LogP) is 2.30. The van der Waals surface area contributed by atoms with E-state index in [1.165, 1.54) is 6.33 Å². The number of rotatable bonds is 0. The molecule has 0 aliphatic rings. The molecule has 1 heterocycles. The van der Waals surface area contributed by atoms with Crippen molar-refractivity contribution >= 4 is 22.5 Å². The van der Waals surface area contributed by atoms with Crippen molar-refractivity contribution in [3.8, 4) is 5.75 Å². The molecule has 0 aliphatic heterocycles. The van der Waals surface area contributed by atoms with E-state index in [1.807, 2.05) is 0 Å². The van der Waals surface area contributed by atoms with Crippen LogP contribution in [0.1, 0.15) is 5.56 Å². The number of phenolic OH excluding ortho intramolecular Hbond substituents is 1. The molecule has 3 nitrogen and oxygen atoms in total. The molecule has 0 spiro atoms.